The second kappa shape index (κ2) is 9.06. The first-order valence-corrected chi connectivity index (χ1v) is 11.3. The topological polar surface area (TPSA) is 124 Å². The molecule has 2 amide bonds. The smallest absolute Gasteiger partial charge is 0.266 e. The van der Waals surface area contributed by atoms with E-state index in [1.54, 1.807) is 55.5 Å². The van der Waals surface area contributed by atoms with Crippen molar-refractivity contribution in [3.63, 3.8) is 0 Å². The van der Waals surface area contributed by atoms with Gasteiger partial charge in [0.2, 0.25) is 5.96 Å². The zero-order chi connectivity index (χ0) is 23.5. The second-order valence-electron chi connectivity index (χ2n) is 7.08. The molecule has 4 rings (SSSR count). The molecule has 0 radical (unpaired) electrons. The number of aromatic nitrogens is 1. The minimum absolute atomic E-state index is 0.168. The van der Waals surface area contributed by atoms with Gasteiger partial charge in [-0.15, -0.1) is 0 Å². The molecule has 8 nitrogen and oxygen atoms in total. The number of pyridine rings is 1. The molecule has 2 heterocycles. The summed E-state index contributed by atoms with van der Waals surface area (Å²) < 4.78 is 4.51. The largest absolute Gasteiger partial charge is 0.369 e. The number of fused-ring (bicyclic) bond motifs is 1. The van der Waals surface area contributed by atoms with Crippen LogP contribution in [0.4, 0.5) is 11.5 Å². The van der Waals surface area contributed by atoms with E-state index in [0.29, 0.717) is 33.9 Å². The van der Waals surface area contributed by atoms with E-state index >= 15 is 0 Å². The molecule has 1 aliphatic rings. The van der Waals surface area contributed by atoms with Crippen LogP contribution in [0.25, 0.3) is 0 Å². The Morgan fingerprint density at radius 2 is 1.73 bits per heavy atom. The van der Waals surface area contributed by atoms with Gasteiger partial charge in [-0.2, -0.15) is 9.66 Å². The van der Waals surface area contributed by atoms with Crippen LogP contribution in [0, 0.1) is 18.3 Å². The van der Waals surface area contributed by atoms with E-state index < -0.39 is 10.7 Å². The van der Waals surface area contributed by atoms with Crippen LogP contribution in [0.1, 0.15) is 38.9 Å². The predicted molar refractivity (Wildman–Crippen MR) is 131 cm³/mol. The fourth-order valence-corrected chi connectivity index (χ4v) is 4.59. The fourth-order valence-electron chi connectivity index (χ4n) is 3.44. The third-order valence-electron chi connectivity index (χ3n) is 4.99. The van der Waals surface area contributed by atoms with E-state index in [0.717, 1.165) is 9.80 Å². The van der Waals surface area contributed by atoms with E-state index in [4.69, 9.17) is 11.0 Å². The van der Waals surface area contributed by atoms with Gasteiger partial charge in [0.15, 0.2) is 0 Å². The van der Waals surface area contributed by atoms with Crippen LogP contribution in [-0.2, 0) is 0 Å². The Morgan fingerprint density at radius 1 is 1.09 bits per heavy atom. The number of aryl methyl sites for hydroxylation is 1. The van der Waals surface area contributed by atoms with Crippen molar-refractivity contribution in [1.29, 1.82) is 5.26 Å². The van der Waals surface area contributed by atoms with Gasteiger partial charge in [-0.1, -0.05) is 12.1 Å². The Labute approximate surface area is 193 Å². The van der Waals surface area contributed by atoms with Crippen LogP contribution in [0.3, 0.4) is 0 Å². The van der Waals surface area contributed by atoms with Crippen molar-refractivity contribution in [2.24, 2.45) is 10.1 Å². The molecule has 1 unspecified atom stereocenters. The maximum absolute atomic E-state index is 12.8. The Kier molecular flexibility index (Phi) is 6.02. The highest BCUT2D eigenvalue weighted by atomic mass is 32.2. The van der Waals surface area contributed by atoms with E-state index in [9.17, 15) is 9.59 Å². The van der Waals surface area contributed by atoms with Gasteiger partial charge < -0.3 is 11.1 Å². The fraction of sp³-hybridized carbons (Fsp3) is 0.0833. The molecule has 1 aliphatic heterocycles. The van der Waals surface area contributed by atoms with Gasteiger partial charge in [-0.05, 0) is 78.4 Å². The van der Waals surface area contributed by atoms with Gasteiger partial charge in [0.05, 0.1) is 34.1 Å². The molecule has 164 valence electrons. The molecule has 1 aromatic heterocycles. The molecule has 33 heavy (non-hydrogen) atoms. The molecule has 9 heteroatoms. The highest BCUT2D eigenvalue weighted by molar-refractivity contribution is 8.14. The van der Waals surface area contributed by atoms with Gasteiger partial charge in [-0.25, -0.2) is 9.88 Å². The number of carbonyl (C=O) groups is 2. The minimum Gasteiger partial charge on any atom is -0.369 e. The van der Waals surface area contributed by atoms with Crippen molar-refractivity contribution in [3.05, 3.63) is 83.0 Å². The lowest BCUT2D eigenvalue weighted by Gasteiger charge is -2.17. The van der Waals surface area contributed by atoms with Gasteiger partial charge in [0.25, 0.3) is 11.8 Å². The van der Waals surface area contributed by atoms with Crippen LogP contribution in [0.2, 0.25) is 0 Å². The lowest BCUT2D eigenvalue weighted by atomic mass is 10.1. The Bertz CT molecular complexity index is 1340. The number of hydrogen-bond acceptors (Lipinski definition) is 5. The summed E-state index contributed by atoms with van der Waals surface area (Å²) >= 11 is 0. The number of anilines is 2. The highest BCUT2D eigenvalue weighted by Gasteiger charge is 2.37. The number of benzene rings is 2. The quantitative estimate of drug-likeness (QED) is 0.266. The Balaban J connectivity index is 1.54. The Hall–Kier alpha value is -4.29. The molecule has 0 aliphatic carbocycles. The molecular formula is C24H20N6O2S. The predicted octanol–water partition coefficient (Wildman–Crippen LogP) is 3.85. The van der Waals surface area contributed by atoms with Gasteiger partial charge in [-0.3, -0.25) is 9.59 Å². The van der Waals surface area contributed by atoms with E-state index in [1.807, 2.05) is 24.4 Å². The molecule has 0 bridgehead atoms. The van der Waals surface area contributed by atoms with Crippen molar-refractivity contribution in [3.8, 4) is 6.07 Å². The van der Waals surface area contributed by atoms with Gasteiger partial charge in [0, 0.05) is 4.90 Å². The number of guanidine groups is 1. The average molecular weight is 457 g/mol. The zero-order valence-corrected chi connectivity index (χ0v) is 18.8. The van der Waals surface area contributed by atoms with Crippen molar-refractivity contribution in [2.75, 3.05) is 10.2 Å². The number of carbonyl (C=O) groups excluding carboxylic acids is 2. The summed E-state index contributed by atoms with van der Waals surface area (Å²) in [4.78, 5) is 32.0. The molecule has 0 saturated heterocycles. The molecule has 0 saturated carbocycles. The summed E-state index contributed by atoms with van der Waals surface area (Å²) in [6.07, 6.45) is 0. The number of nitrogens with two attached hydrogens (primary N) is 1. The SMILES string of the molecule is C/C=S(\N=C(N)Nc1ccc(N2C(=O)c3ccccc3C2=O)c(C)n1)c1ccc(C#N)cc1. The molecule has 3 N–H and O–H groups in total. The number of nitrogens with one attached hydrogen (secondary N) is 1. The third-order valence-corrected chi connectivity index (χ3v) is 6.59. The van der Waals surface area contributed by atoms with Gasteiger partial charge >= 0.3 is 0 Å². The lowest BCUT2D eigenvalue weighted by molar-refractivity contribution is 0.0925. The molecule has 3 aromatic rings. The zero-order valence-electron chi connectivity index (χ0n) is 17.9. The molecule has 2 aromatic carbocycles. The van der Waals surface area contributed by atoms with Crippen LogP contribution in [0.15, 0.2) is 70.0 Å². The molecule has 1 atom stereocenters. The van der Waals surface area contributed by atoms with Crippen LogP contribution in [0.5, 0.6) is 0 Å². The lowest BCUT2D eigenvalue weighted by Crippen LogP contribution is -2.30. The molecular weight excluding hydrogens is 436 g/mol. The van der Waals surface area contributed by atoms with Crippen LogP contribution < -0.4 is 16.0 Å². The van der Waals surface area contributed by atoms with Crippen molar-refractivity contribution < 1.29 is 9.59 Å². The number of imide groups is 1. The van der Waals surface area contributed by atoms with Gasteiger partial charge in [0.1, 0.15) is 5.82 Å². The number of nitrogens with zero attached hydrogens (tertiary/aromatic N) is 4. The van der Waals surface area contributed by atoms with Crippen LogP contribution in [-0.4, -0.2) is 28.1 Å². The number of nitriles is 1. The highest BCUT2D eigenvalue weighted by Crippen LogP contribution is 2.31. The normalized spacial score (nSPS) is 14.2. The van der Waals surface area contributed by atoms with E-state index in [1.165, 1.54) is 0 Å². The summed E-state index contributed by atoms with van der Waals surface area (Å²) in [5.74, 6) is -0.130. The molecule has 0 spiro atoms. The van der Waals surface area contributed by atoms with Crippen LogP contribution >= 0.6 is 10.7 Å². The third kappa shape index (κ3) is 4.24. The van der Waals surface area contributed by atoms with E-state index in [2.05, 4.69) is 20.8 Å². The Morgan fingerprint density at radius 3 is 2.27 bits per heavy atom. The molecule has 0 fully saturated rings. The van der Waals surface area contributed by atoms with Crippen molar-refractivity contribution in [1.82, 2.24) is 4.98 Å². The summed E-state index contributed by atoms with van der Waals surface area (Å²) in [6.45, 7) is 3.61. The standard InChI is InChI=1S/C24H20N6O2S/c1-3-33(17-10-8-16(14-25)9-11-17)29-24(26)28-21-13-12-20(15(2)27-21)30-22(31)18-6-4-5-7-19(18)23(30)32/h3-13H,1-2H3,(H3,26,27,28,29). The summed E-state index contributed by atoms with van der Waals surface area (Å²) in [5.41, 5.74) is 8.35. The maximum Gasteiger partial charge on any atom is 0.266 e. The summed E-state index contributed by atoms with van der Waals surface area (Å²) in [6, 6.07) is 19.3. The second-order valence-corrected chi connectivity index (χ2v) is 8.83. The first-order chi connectivity index (χ1) is 15.9. The summed E-state index contributed by atoms with van der Waals surface area (Å²) in [5, 5.41) is 13.8. The maximum atomic E-state index is 12.8. The number of hydrogen-bond donors (Lipinski definition) is 2. The minimum atomic E-state index is -0.612. The summed E-state index contributed by atoms with van der Waals surface area (Å²) in [7, 11) is -0.612. The van der Waals surface area contributed by atoms with Crippen molar-refractivity contribution >= 4 is 45.3 Å². The first kappa shape index (κ1) is 21.9. The number of rotatable bonds is 4. The number of amides is 2. The average Bonchev–Trinajstić information content (AvgIpc) is 3.08. The van der Waals surface area contributed by atoms with Crippen molar-refractivity contribution in [2.45, 2.75) is 18.7 Å². The monoisotopic (exact) mass is 456 g/mol. The van der Waals surface area contributed by atoms with E-state index in [-0.39, 0.29) is 17.8 Å². The first-order valence-electron chi connectivity index (χ1n) is 10.0.